The van der Waals surface area contributed by atoms with Crippen LogP contribution in [0.2, 0.25) is 0 Å². The number of nitrogens with one attached hydrogen (secondary N) is 1. The van der Waals surface area contributed by atoms with Gasteiger partial charge in [-0.15, -0.1) is 0 Å². The van der Waals surface area contributed by atoms with Gasteiger partial charge in [-0.3, -0.25) is 4.79 Å². The zero-order valence-electron chi connectivity index (χ0n) is 10.5. The van der Waals surface area contributed by atoms with Gasteiger partial charge in [-0.2, -0.15) is 0 Å². The van der Waals surface area contributed by atoms with Crippen LogP contribution < -0.4 is 5.32 Å². The molecular weight excluding hydrogens is 210 g/mol. The van der Waals surface area contributed by atoms with E-state index in [1.54, 1.807) is 0 Å². The van der Waals surface area contributed by atoms with Crippen molar-refractivity contribution in [3.8, 4) is 0 Å². The molecule has 0 radical (unpaired) electrons. The van der Waals surface area contributed by atoms with Crippen LogP contribution in [0.5, 0.6) is 0 Å². The van der Waals surface area contributed by atoms with E-state index in [9.17, 15) is 4.79 Å². The molecule has 2 heteroatoms. The Morgan fingerprint density at radius 1 is 1.35 bits per heavy atom. The van der Waals surface area contributed by atoms with E-state index < -0.39 is 0 Å². The number of amides is 1. The van der Waals surface area contributed by atoms with Crippen molar-refractivity contribution in [3.05, 3.63) is 41.5 Å². The lowest BCUT2D eigenvalue weighted by Crippen LogP contribution is -2.10. The maximum absolute atomic E-state index is 11.4. The van der Waals surface area contributed by atoms with Crippen molar-refractivity contribution in [3.63, 3.8) is 0 Å². The molecule has 1 aliphatic carbocycles. The van der Waals surface area contributed by atoms with Crippen LogP contribution >= 0.6 is 0 Å². The third kappa shape index (κ3) is 2.26. The quantitative estimate of drug-likeness (QED) is 0.790. The zero-order valence-corrected chi connectivity index (χ0v) is 10.5. The second-order valence-corrected chi connectivity index (χ2v) is 4.86. The predicted molar refractivity (Wildman–Crippen MR) is 71.4 cm³/mol. The molecule has 0 aliphatic heterocycles. The first-order valence-electron chi connectivity index (χ1n) is 6.21. The fourth-order valence-corrected chi connectivity index (χ4v) is 2.58. The Bertz CT molecular complexity index is 460. The lowest BCUT2D eigenvalue weighted by molar-refractivity contribution is -0.111. The van der Waals surface area contributed by atoms with E-state index in [1.165, 1.54) is 29.2 Å². The van der Waals surface area contributed by atoms with Gasteiger partial charge in [0.05, 0.1) is 0 Å². The largest absolute Gasteiger partial charge is 0.322 e. The van der Waals surface area contributed by atoms with Gasteiger partial charge in [0, 0.05) is 5.69 Å². The summed E-state index contributed by atoms with van der Waals surface area (Å²) in [4.78, 5) is 11.4. The minimum absolute atomic E-state index is 0.128. The van der Waals surface area contributed by atoms with Gasteiger partial charge in [0.1, 0.15) is 0 Å². The number of fused-ring (bicyclic) bond motifs is 1. The number of rotatable bonds is 3. The van der Waals surface area contributed by atoms with Crippen LogP contribution in [0.3, 0.4) is 0 Å². The predicted octanol–water partition coefficient (Wildman–Crippen LogP) is 3.42. The van der Waals surface area contributed by atoms with E-state index in [-0.39, 0.29) is 5.91 Å². The Morgan fingerprint density at radius 3 is 2.71 bits per heavy atom. The smallest absolute Gasteiger partial charge is 0.247 e. The number of carbonyl (C=O) groups is 1. The van der Waals surface area contributed by atoms with Gasteiger partial charge in [0.25, 0.3) is 0 Å². The third-order valence-corrected chi connectivity index (χ3v) is 3.39. The Balaban J connectivity index is 2.40. The highest BCUT2D eigenvalue weighted by atomic mass is 16.1. The summed E-state index contributed by atoms with van der Waals surface area (Å²) in [6.45, 7) is 7.92. The number of carbonyl (C=O) groups excluding carboxylic acids is 1. The lowest BCUT2D eigenvalue weighted by Gasteiger charge is -2.15. The molecule has 0 aromatic heterocycles. The molecule has 17 heavy (non-hydrogen) atoms. The molecule has 0 fully saturated rings. The first kappa shape index (κ1) is 11.9. The molecule has 2 rings (SSSR count). The fourth-order valence-electron chi connectivity index (χ4n) is 2.58. The number of hydrogen-bond acceptors (Lipinski definition) is 1. The van der Waals surface area contributed by atoms with Crippen LogP contribution in [0, 0.1) is 0 Å². The molecule has 0 unspecified atom stereocenters. The standard InChI is InChI=1S/C15H19NO/c1-4-15(17)16-14-9-8-11(10(2)3)12-6-5-7-13(12)14/h4,8-10H,1,5-7H2,2-3H3,(H,16,17). The Kier molecular flexibility index (Phi) is 3.32. The SMILES string of the molecule is C=CC(=O)Nc1ccc(C(C)C)c2c1CCC2. The van der Waals surface area contributed by atoms with Gasteiger partial charge in [0.15, 0.2) is 0 Å². The highest BCUT2D eigenvalue weighted by Crippen LogP contribution is 2.34. The minimum Gasteiger partial charge on any atom is -0.322 e. The molecule has 90 valence electrons. The summed E-state index contributed by atoms with van der Waals surface area (Å²) >= 11 is 0. The topological polar surface area (TPSA) is 29.1 Å². The van der Waals surface area contributed by atoms with E-state index in [4.69, 9.17) is 0 Å². The molecule has 0 atom stereocenters. The molecule has 0 saturated heterocycles. The summed E-state index contributed by atoms with van der Waals surface area (Å²) in [6, 6.07) is 4.18. The van der Waals surface area contributed by atoms with Crippen LogP contribution in [0.25, 0.3) is 0 Å². The second-order valence-electron chi connectivity index (χ2n) is 4.86. The molecule has 1 aromatic rings. The van der Waals surface area contributed by atoms with E-state index in [2.05, 4.69) is 31.8 Å². The molecule has 1 aliphatic rings. The molecule has 1 aromatic carbocycles. The zero-order chi connectivity index (χ0) is 12.4. The van der Waals surface area contributed by atoms with Crippen molar-refractivity contribution in [1.29, 1.82) is 0 Å². The molecular formula is C15H19NO. The Morgan fingerprint density at radius 2 is 2.06 bits per heavy atom. The van der Waals surface area contributed by atoms with Crippen LogP contribution in [0.4, 0.5) is 5.69 Å². The van der Waals surface area contributed by atoms with Crippen molar-refractivity contribution in [2.75, 3.05) is 5.32 Å². The van der Waals surface area contributed by atoms with Crippen LogP contribution in [0.15, 0.2) is 24.8 Å². The third-order valence-electron chi connectivity index (χ3n) is 3.39. The monoisotopic (exact) mass is 229 g/mol. The number of benzene rings is 1. The van der Waals surface area contributed by atoms with Gasteiger partial charge in [-0.05, 0) is 54.0 Å². The summed E-state index contributed by atoms with van der Waals surface area (Å²) in [5.41, 5.74) is 5.16. The van der Waals surface area contributed by atoms with Gasteiger partial charge < -0.3 is 5.32 Å². The number of anilines is 1. The summed E-state index contributed by atoms with van der Waals surface area (Å²) in [5.74, 6) is 0.419. The molecule has 2 nitrogen and oxygen atoms in total. The lowest BCUT2D eigenvalue weighted by atomic mass is 9.93. The van der Waals surface area contributed by atoms with Crippen molar-refractivity contribution in [1.82, 2.24) is 0 Å². The van der Waals surface area contributed by atoms with Gasteiger partial charge in [-0.1, -0.05) is 26.5 Å². The molecule has 0 heterocycles. The first-order chi connectivity index (χ1) is 8.13. The van der Waals surface area contributed by atoms with Crippen LogP contribution in [-0.4, -0.2) is 5.91 Å². The molecule has 1 amide bonds. The van der Waals surface area contributed by atoms with E-state index >= 15 is 0 Å². The van der Waals surface area contributed by atoms with Crippen molar-refractivity contribution in [2.24, 2.45) is 0 Å². The molecule has 1 N–H and O–H groups in total. The fraction of sp³-hybridized carbons (Fsp3) is 0.400. The summed E-state index contributed by atoms with van der Waals surface area (Å²) in [5, 5.41) is 2.90. The normalized spacial score (nSPS) is 13.6. The second kappa shape index (κ2) is 4.74. The summed E-state index contributed by atoms with van der Waals surface area (Å²) in [7, 11) is 0. The molecule has 0 spiro atoms. The van der Waals surface area contributed by atoms with Crippen molar-refractivity contribution in [2.45, 2.75) is 39.0 Å². The van der Waals surface area contributed by atoms with Crippen LogP contribution in [-0.2, 0) is 17.6 Å². The first-order valence-corrected chi connectivity index (χ1v) is 6.21. The number of hydrogen-bond donors (Lipinski definition) is 1. The van der Waals surface area contributed by atoms with E-state index in [0.29, 0.717) is 5.92 Å². The maximum Gasteiger partial charge on any atom is 0.247 e. The molecule has 0 saturated carbocycles. The summed E-state index contributed by atoms with van der Waals surface area (Å²) in [6.07, 6.45) is 4.72. The maximum atomic E-state index is 11.4. The van der Waals surface area contributed by atoms with E-state index in [1.807, 2.05) is 6.07 Å². The highest BCUT2D eigenvalue weighted by Gasteiger charge is 2.20. The summed E-state index contributed by atoms with van der Waals surface area (Å²) < 4.78 is 0. The molecule has 0 bridgehead atoms. The van der Waals surface area contributed by atoms with Gasteiger partial charge in [-0.25, -0.2) is 0 Å². The highest BCUT2D eigenvalue weighted by molar-refractivity contribution is 5.99. The van der Waals surface area contributed by atoms with Crippen molar-refractivity contribution >= 4 is 11.6 Å². The van der Waals surface area contributed by atoms with Crippen LogP contribution in [0.1, 0.15) is 42.9 Å². The Hall–Kier alpha value is -1.57. The van der Waals surface area contributed by atoms with Crippen molar-refractivity contribution < 1.29 is 4.79 Å². The van der Waals surface area contributed by atoms with E-state index in [0.717, 1.165) is 18.5 Å². The minimum atomic E-state index is -0.128. The van der Waals surface area contributed by atoms with Gasteiger partial charge >= 0.3 is 0 Å². The average molecular weight is 229 g/mol. The van der Waals surface area contributed by atoms with Gasteiger partial charge in [0.2, 0.25) is 5.91 Å². The average Bonchev–Trinajstić information content (AvgIpc) is 2.77. The Labute approximate surface area is 103 Å².